The maximum atomic E-state index is 13.4. The average molecular weight is 352 g/mol. The topological polar surface area (TPSA) is 55.6 Å². The molecule has 3 saturated carbocycles. The third kappa shape index (κ3) is 2.34. The zero-order valence-corrected chi connectivity index (χ0v) is 14.5. The number of nitrogens with zero attached hydrogens (tertiary/aromatic N) is 1. The van der Waals surface area contributed by atoms with Gasteiger partial charge in [0.05, 0.1) is 6.04 Å². The number of rotatable bonds is 2. The molecule has 4 aliphatic rings. The third-order valence-electron chi connectivity index (χ3n) is 6.03. The minimum absolute atomic E-state index is 0.106. The highest BCUT2D eigenvalue weighted by Crippen LogP contribution is 2.61. The molecule has 1 atom stereocenters. The second-order valence-electron chi connectivity index (χ2n) is 8.04. The molecule has 5 heteroatoms. The molecule has 2 N–H and O–H groups in total. The van der Waals surface area contributed by atoms with Gasteiger partial charge in [0.1, 0.15) is 11.4 Å². The van der Waals surface area contributed by atoms with Gasteiger partial charge in [-0.25, -0.2) is 9.18 Å². The molecule has 0 spiro atoms. The lowest BCUT2D eigenvalue weighted by atomic mass is 9.46. The van der Waals surface area contributed by atoms with E-state index in [1.807, 2.05) is 18.2 Å². The highest BCUT2D eigenvalue weighted by molar-refractivity contribution is 5.71. The van der Waals surface area contributed by atoms with Crippen LogP contribution in [0.3, 0.4) is 0 Å². The fourth-order valence-corrected chi connectivity index (χ4v) is 4.89. The molecule has 3 fully saturated rings. The van der Waals surface area contributed by atoms with Gasteiger partial charge in [-0.2, -0.15) is 0 Å². The fourth-order valence-electron chi connectivity index (χ4n) is 4.89. The average Bonchev–Trinajstić information content (AvgIpc) is 2.59. The molecule has 0 unspecified atom stereocenters. The molecule has 2 aromatic rings. The number of ether oxygens (including phenoxy) is 1. The van der Waals surface area contributed by atoms with Crippen molar-refractivity contribution in [2.24, 2.45) is 5.73 Å². The Labute approximate surface area is 151 Å². The summed E-state index contributed by atoms with van der Waals surface area (Å²) in [6.45, 7) is 0.585. The maximum absolute atomic E-state index is 13.4. The molecule has 1 aliphatic heterocycles. The van der Waals surface area contributed by atoms with E-state index in [1.165, 1.54) is 17.7 Å². The molecule has 6 rings (SSSR count). The Hall–Kier alpha value is -2.40. The van der Waals surface area contributed by atoms with Gasteiger partial charge in [0.15, 0.2) is 0 Å². The molecule has 3 aliphatic carbocycles. The predicted octanol–water partition coefficient (Wildman–Crippen LogP) is 3.54. The van der Waals surface area contributed by atoms with Crippen molar-refractivity contribution >= 4 is 6.09 Å². The maximum Gasteiger partial charge on any atom is 0.411 e. The van der Waals surface area contributed by atoms with Crippen LogP contribution in [0.15, 0.2) is 48.5 Å². The fraction of sp³-hybridized carbons (Fsp3) is 0.381. The number of hydrogen-bond donors (Lipinski definition) is 1. The molecule has 2 bridgehead atoms. The molecule has 1 amide bonds. The normalized spacial score (nSPS) is 31.5. The summed E-state index contributed by atoms with van der Waals surface area (Å²) in [6.07, 6.45) is 2.78. The van der Waals surface area contributed by atoms with E-state index in [1.54, 1.807) is 17.0 Å². The number of fused-ring (bicyclic) bond motifs is 1. The Bertz CT molecular complexity index is 860. The first-order valence-corrected chi connectivity index (χ1v) is 9.09. The van der Waals surface area contributed by atoms with Crippen LogP contribution in [0.25, 0.3) is 0 Å². The third-order valence-corrected chi connectivity index (χ3v) is 6.03. The number of halogens is 1. The smallest absolute Gasteiger partial charge is 0.411 e. The van der Waals surface area contributed by atoms with Crippen LogP contribution in [0.2, 0.25) is 0 Å². The van der Waals surface area contributed by atoms with Gasteiger partial charge in [-0.3, -0.25) is 4.90 Å². The Balaban J connectivity index is 1.47. The second-order valence-corrected chi connectivity index (χ2v) is 8.04. The summed E-state index contributed by atoms with van der Waals surface area (Å²) in [5.74, 6) is -0.283. The van der Waals surface area contributed by atoms with Crippen LogP contribution in [0.1, 0.15) is 42.0 Å². The van der Waals surface area contributed by atoms with Gasteiger partial charge in [0, 0.05) is 31.3 Å². The molecule has 0 radical (unpaired) electrons. The van der Waals surface area contributed by atoms with E-state index in [-0.39, 0.29) is 29.1 Å². The molecule has 134 valence electrons. The van der Waals surface area contributed by atoms with Gasteiger partial charge in [0.25, 0.3) is 0 Å². The summed E-state index contributed by atoms with van der Waals surface area (Å²) in [6, 6.07) is 14.2. The predicted molar refractivity (Wildman–Crippen MR) is 95.1 cm³/mol. The zero-order valence-electron chi connectivity index (χ0n) is 14.5. The van der Waals surface area contributed by atoms with Crippen molar-refractivity contribution in [2.75, 3.05) is 6.54 Å². The molecule has 0 saturated heterocycles. The van der Waals surface area contributed by atoms with E-state index in [2.05, 4.69) is 6.07 Å². The minimum Gasteiger partial charge on any atom is -0.443 e. The quantitative estimate of drug-likeness (QED) is 0.899. The molecule has 4 nitrogen and oxygen atoms in total. The monoisotopic (exact) mass is 352 g/mol. The lowest BCUT2D eigenvalue weighted by Crippen LogP contribution is -2.78. The van der Waals surface area contributed by atoms with E-state index < -0.39 is 0 Å². The van der Waals surface area contributed by atoms with Crippen molar-refractivity contribution < 1.29 is 13.9 Å². The Kier molecular flexibility index (Phi) is 3.23. The Morgan fingerprint density at radius 1 is 1.12 bits per heavy atom. The van der Waals surface area contributed by atoms with E-state index in [9.17, 15) is 9.18 Å². The lowest BCUT2D eigenvalue weighted by Gasteiger charge is -2.67. The molecule has 1 heterocycles. The Morgan fingerprint density at radius 3 is 2.50 bits per heavy atom. The Morgan fingerprint density at radius 2 is 1.81 bits per heavy atom. The van der Waals surface area contributed by atoms with Crippen LogP contribution >= 0.6 is 0 Å². The lowest BCUT2D eigenvalue weighted by molar-refractivity contribution is -0.210. The van der Waals surface area contributed by atoms with Crippen molar-refractivity contribution in [1.29, 1.82) is 0 Å². The van der Waals surface area contributed by atoms with Crippen LogP contribution in [-0.2, 0) is 11.2 Å². The minimum atomic E-state index is -0.351. The van der Waals surface area contributed by atoms with Crippen LogP contribution in [0.4, 0.5) is 9.18 Å². The van der Waals surface area contributed by atoms with Gasteiger partial charge in [0.2, 0.25) is 0 Å². The van der Waals surface area contributed by atoms with Crippen molar-refractivity contribution in [3.05, 3.63) is 71.0 Å². The summed E-state index contributed by atoms with van der Waals surface area (Å²) >= 11 is 0. The van der Waals surface area contributed by atoms with Gasteiger partial charge >= 0.3 is 6.09 Å². The van der Waals surface area contributed by atoms with E-state index in [0.717, 1.165) is 36.8 Å². The van der Waals surface area contributed by atoms with Crippen molar-refractivity contribution in [3.63, 3.8) is 0 Å². The van der Waals surface area contributed by atoms with Crippen LogP contribution in [0, 0.1) is 5.82 Å². The van der Waals surface area contributed by atoms with Crippen molar-refractivity contribution in [2.45, 2.75) is 42.9 Å². The van der Waals surface area contributed by atoms with Crippen LogP contribution < -0.4 is 5.73 Å². The summed E-state index contributed by atoms with van der Waals surface area (Å²) in [4.78, 5) is 14.8. The number of amides is 1. The van der Waals surface area contributed by atoms with Gasteiger partial charge in [-0.15, -0.1) is 0 Å². The molecular weight excluding hydrogens is 331 g/mol. The molecule has 2 aromatic carbocycles. The van der Waals surface area contributed by atoms with E-state index in [0.29, 0.717) is 6.54 Å². The van der Waals surface area contributed by atoms with Crippen molar-refractivity contribution in [3.8, 4) is 0 Å². The SMILES string of the molecule is NC12CC(OC(=O)N3CCc4ccccc4[C@@H]3c3ccc(F)cc3)(C1)C2. The van der Waals surface area contributed by atoms with Gasteiger partial charge in [-0.1, -0.05) is 36.4 Å². The standard InChI is InChI=1S/C21H21FN2O2/c22-16-7-5-15(6-8-16)18-17-4-2-1-3-14(17)9-10-24(18)19(25)26-21-11-20(23,12-21)13-21/h1-8,18H,9-13,23H2/t18-,20?,21?/m0/s1. The first-order valence-electron chi connectivity index (χ1n) is 9.09. The molecule has 26 heavy (non-hydrogen) atoms. The highest BCUT2D eigenvalue weighted by Gasteiger charge is 2.69. The summed E-state index contributed by atoms with van der Waals surface area (Å²) in [5.41, 5.74) is 8.82. The molecular formula is C21H21FN2O2. The van der Waals surface area contributed by atoms with Gasteiger partial charge < -0.3 is 10.5 Å². The van der Waals surface area contributed by atoms with Crippen LogP contribution in [0.5, 0.6) is 0 Å². The van der Waals surface area contributed by atoms with Crippen molar-refractivity contribution in [1.82, 2.24) is 4.90 Å². The number of nitrogens with two attached hydrogens (primary N) is 1. The second kappa shape index (κ2) is 5.30. The number of carbonyl (C=O) groups excluding carboxylic acids is 1. The first kappa shape index (κ1) is 15.8. The number of hydrogen-bond acceptors (Lipinski definition) is 3. The largest absolute Gasteiger partial charge is 0.443 e. The number of carbonyl (C=O) groups is 1. The highest BCUT2D eigenvalue weighted by atomic mass is 19.1. The number of benzene rings is 2. The summed E-state index contributed by atoms with van der Waals surface area (Å²) in [7, 11) is 0. The van der Waals surface area contributed by atoms with Crippen LogP contribution in [-0.4, -0.2) is 28.7 Å². The zero-order chi connectivity index (χ0) is 17.9. The first-order chi connectivity index (χ1) is 12.5. The van der Waals surface area contributed by atoms with Gasteiger partial charge in [-0.05, 0) is 35.2 Å². The summed E-state index contributed by atoms with van der Waals surface area (Å²) < 4.78 is 19.3. The van der Waals surface area contributed by atoms with E-state index >= 15 is 0 Å². The summed E-state index contributed by atoms with van der Waals surface area (Å²) in [5, 5.41) is 0. The van der Waals surface area contributed by atoms with E-state index in [4.69, 9.17) is 10.5 Å². The molecule has 0 aromatic heterocycles.